The number of rotatable bonds is 7. The van der Waals surface area contributed by atoms with Crippen molar-refractivity contribution in [1.82, 2.24) is 14.3 Å². The van der Waals surface area contributed by atoms with Crippen LogP contribution in [0.15, 0.2) is 23.1 Å². The maximum absolute atomic E-state index is 13.0. The van der Waals surface area contributed by atoms with Crippen molar-refractivity contribution in [2.24, 2.45) is 5.73 Å². The zero-order valence-corrected chi connectivity index (χ0v) is 18.1. The van der Waals surface area contributed by atoms with Gasteiger partial charge in [0.05, 0.1) is 26.0 Å². The van der Waals surface area contributed by atoms with Gasteiger partial charge in [-0.25, -0.2) is 18.4 Å². The first-order valence-electron chi connectivity index (χ1n) is 9.17. The summed E-state index contributed by atoms with van der Waals surface area (Å²) in [5.41, 5.74) is 6.21. The van der Waals surface area contributed by atoms with E-state index in [1.165, 1.54) is 29.6 Å². The van der Waals surface area contributed by atoms with Gasteiger partial charge in [-0.3, -0.25) is 4.79 Å². The van der Waals surface area contributed by atoms with Crippen LogP contribution in [0, 0.1) is 0 Å². The zero-order valence-electron chi connectivity index (χ0n) is 16.5. The molecule has 3 rings (SSSR count). The minimum Gasteiger partial charge on any atom is -0.495 e. The second-order valence-electron chi connectivity index (χ2n) is 6.38. The fourth-order valence-electron chi connectivity index (χ4n) is 2.95. The molecule has 1 fully saturated rings. The number of halogens is 1. The van der Waals surface area contributed by atoms with Crippen LogP contribution in [0.1, 0.15) is 23.1 Å². The quantitative estimate of drug-likeness (QED) is 0.641. The van der Waals surface area contributed by atoms with Crippen LogP contribution in [0.25, 0.3) is 0 Å². The number of morpholine rings is 1. The summed E-state index contributed by atoms with van der Waals surface area (Å²) in [5, 5.41) is 3.05. The number of carbonyl (C=O) groups excluding carboxylic acids is 1. The number of primary amides is 1. The number of benzene rings is 1. The Morgan fingerprint density at radius 3 is 2.63 bits per heavy atom. The highest BCUT2D eigenvalue weighted by molar-refractivity contribution is 7.89. The van der Waals surface area contributed by atoms with Gasteiger partial charge in [0.25, 0.3) is 5.91 Å². The average molecular weight is 456 g/mol. The number of nitrogens with two attached hydrogens (primary N) is 1. The Hall–Kier alpha value is -2.47. The smallest absolute Gasteiger partial charge is 0.271 e. The molecule has 12 heteroatoms. The van der Waals surface area contributed by atoms with E-state index in [1.54, 1.807) is 0 Å². The molecule has 1 aliphatic heterocycles. The molecule has 1 aliphatic rings. The lowest BCUT2D eigenvalue weighted by Gasteiger charge is -2.26. The van der Waals surface area contributed by atoms with E-state index in [0.717, 1.165) is 0 Å². The minimum atomic E-state index is -3.75. The van der Waals surface area contributed by atoms with Crippen LogP contribution in [-0.4, -0.2) is 62.0 Å². The third-order valence-corrected chi connectivity index (χ3v) is 6.74. The normalized spacial score (nSPS) is 15.0. The standard InChI is InChI=1S/C18H22ClN5O5S/c1-3-12-16(19)23-18(15(22-12)17(20)25)21-11-4-5-14(13(10-11)28-2)30(26,27)24-6-8-29-9-7-24/h4-5,10H,3,6-9H2,1-2H3,(H2,20,25)(H,21,23). The predicted octanol–water partition coefficient (Wildman–Crippen LogP) is 1.56. The molecule has 0 radical (unpaired) electrons. The van der Waals surface area contributed by atoms with Crippen LogP contribution < -0.4 is 15.8 Å². The zero-order chi connectivity index (χ0) is 21.9. The molecule has 1 aromatic heterocycles. The fraction of sp³-hybridized carbons (Fsp3) is 0.389. The third kappa shape index (κ3) is 4.48. The van der Waals surface area contributed by atoms with E-state index in [9.17, 15) is 13.2 Å². The Morgan fingerprint density at radius 1 is 1.33 bits per heavy atom. The van der Waals surface area contributed by atoms with Gasteiger partial charge >= 0.3 is 0 Å². The van der Waals surface area contributed by atoms with E-state index in [2.05, 4.69) is 15.3 Å². The van der Waals surface area contributed by atoms with Crippen LogP contribution in [0.5, 0.6) is 5.75 Å². The van der Waals surface area contributed by atoms with E-state index in [-0.39, 0.29) is 40.4 Å². The number of hydrogen-bond acceptors (Lipinski definition) is 8. The number of carbonyl (C=O) groups is 1. The van der Waals surface area contributed by atoms with Crippen LogP contribution in [0.3, 0.4) is 0 Å². The maximum atomic E-state index is 13.0. The molecule has 1 saturated heterocycles. The fourth-order valence-corrected chi connectivity index (χ4v) is 4.76. The van der Waals surface area contributed by atoms with Gasteiger partial charge in [0.2, 0.25) is 10.0 Å². The van der Waals surface area contributed by atoms with Gasteiger partial charge in [-0.15, -0.1) is 0 Å². The highest BCUT2D eigenvalue weighted by Gasteiger charge is 2.29. The van der Waals surface area contributed by atoms with Gasteiger partial charge < -0.3 is 20.5 Å². The predicted molar refractivity (Wildman–Crippen MR) is 111 cm³/mol. The molecule has 3 N–H and O–H groups in total. The van der Waals surface area contributed by atoms with Crippen LogP contribution in [0.4, 0.5) is 11.5 Å². The molecule has 2 heterocycles. The van der Waals surface area contributed by atoms with Gasteiger partial charge in [0.15, 0.2) is 16.7 Å². The molecule has 10 nitrogen and oxygen atoms in total. The van der Waals surface area contributed by atoms with E-state index in [4.69, 9.17) is 26.8 Å². The van der Waals surface area contributed by atoms with Gasteiger partial charge in [-0.2, -0.15) is 4.31 Å². The summed E-state index contributed by atoms with van der Waals surface area (Å²) >= 11 is 6.12. The monoisotopic (exact) mass is 455 g/mol. The van der Waals surface area contributed by atoms with Crippen molar-refractivity contribution in [2.75, 3.05) is 38.7 Å². The van der Waals surface area contributed by atoms with Crippen molar-refractivity contribution in [1.29, 1.82) is 0 Å². The van der Waals surface area contributed by atoms with Crippen molar-refractivity contribution >= 4 is 39.0 Å². The number of amides is 1. The SMILES string of the molecule is CCc1nc(C(N)=O)c(Nc2ccc(S(=O)(=O)N3CCOCC3)c(OC)c2)nc1Cl. The summed E-state index contributed by atoms with van der Waals surface area (Å²) in [5.74, 6) is -0.568. The molecule has 1 aromatic carbocycles. The largest absolute Gasteiger partial charge is 0.495 e. The second kappa shape index (κ2) is 9.13. The van der Waals surface area contributed by atoms with E-state index < -0.39 is 15.9 Å². The number of hydrogen-bond donors (Lipinski definition) is 2. The number of sulfonamides is 1. The first kappa shape index (κ1) is 22.2. The molecular formula is C18H22ClN5O5S. The number of nitrogens with zero attached hydrogens (tertiary/aromatic N) is 3. The molecule has 0 unspecified atom stereocenters. The molecule has 30 heavy (non-hydrogen) atoms. The van der Waals surface area contributed by atoms with Crippen LogP contribution in [0.2, 0.25) is 5.15 Å². The Kier molecular flexibility index (Phi) is 6.76. The van der Waals surface area contributed by atoms with E-state index in [1.807, 2.05) is 6.92 Å². The van der Waals surface area contributed by atoms with E-state index in [0.29, 0.717) is 31.0 Å². The van der Waals surface area contributed by atoms with Crippen molar-refractivity contribution in [2.45, 2.75) is 18.2 Å². The molecule has 0 saturated carbocycles. The Bertz CT molecular complexity index is 1060. The average Bonchev–Trinajstić information content (AvgIpc) is 2.74. The Balaban J connectivity index is 1.96. The lowest BCUT2D eigenvalue weighted by Crippen LogP contribution is -2.40. The van der Waals surface area contributed by atoms with Crippen molar-refractivity contribution < 1.29 is 22.7 Å². The number of aryl methyl sites for hydroxylation is 1. The highest BCUT2D eigenvalue weighted by Crippen LogP contribution is 2.32. The van der Waals surface area contributed by atoms with Crippen LogP contribution >= 0.6 is 11.6 Å². The Morgan fingerprint density at radius 2 is 2.03 bits per heavy atom. The van der Waals surface area contributed by atoms with Gasteiger partial charge in [0.1, 0.15) is 10.6 Å². The number of aromatic nitrogens is 2. The van der Waals surface area contributed by atoms with Crippen LogP contribution in [-0.2, 0) is 21.2 Å². The lowest BCUT2D eigenvalue weighted by molar-refractivity contribution is 0.0729. The molecule has 0 bridgehead atoms. The minimum absolute atomic E-state index is 0.0259. The summed E-state index contributed by atoms with van der Waals surface area (Å²) < 4.78 is 37.8. The van der Waals surface area contributed by atoms with Crippen molar-refractivity contribution in [3.63, 3.8) is 0 Å². The topological polar surface area (TPSA) is 137 Å². The highest BCUT2D eigenvalue weighted by atomic mass is 35.5. The maximum Gasteiger partial charge on any atom is 0.271 e. The van der Waals surface area contributed by atoms with Gasteiger partial charge in [-0.05, 0) is 18.6 Å². The summed E-state index contributed by atoms with van der Waals surface area (Å²) in [6.07, 6.45) is 0.480. The molecule has 0 aliphatic carbocycles. The first-order valence-corrected chi connectivity index (χ1v) is 11.0. The van der Waals surface area contributed by atoms with Crippen molar-refractivity contribution in [3.8, 4) is 5.75 Å². The second-order valence-corrected chi connectivity index (χ2v) is 8.65. The molecule has 0 atom stereocenters. The number of anilines is 2. The molecule has 162 valence electrons. The number of nitrogens with one attached hydrogen (secondary N) is 1. The molecular weight excluding hydrogens is 434 g/mol. The molecule has 0 spiro atoms. The molecule has 2 aromatic rings. The summed E-state index contributed by atoms with van der Waals surface area (Å²) in [7, 11) is -2.38. The third-order valence-electron chi connectivity index (χ3n) is 4.50. The summed E-state index contributed by atoms with van der Waals surface area (Å²) in [4.78, 5) is 20.2. The molecule has 1 amide bonds. The van der Waals surface area contributed by atoms with E-state index >= 15 is 0 Å². The van der Waals surface area contributed by atoms with Gasteiger partial charge in [0, 0.05) is 24.8 Å². The lowest BCUT2D eigenvalue weighted by atomic mass is 10.2. The number of methoxy groups -OCH3 is 1. The number of ether oxygens (including phenoxy) is 2. The first-order chi connectivity index (χ1) is 14.3. The summed E-state index contributed by atoms with van der Waals surface area (Å²) in [6.45, 7) is 3.04. The summed E-state index contributed by atoms with van der Waals surface area (Å²) in [6, 6.07) is 4.44. The van der Waals surface area contributed by atoms with Gasteiger partial charge in [-0.1, -0.05) is 18.5 Å². The van der Waals surface area contributed by atoms with Crippen molar-refractivity contribution in [3.05, 3.63) is 34.7 Å². The Labute approximate surface area is 179 Å².